The van der Waals surface area contributed by atoms with E-state index in [0.29, 0.717) is 5.56 Å². The maximum atomic E-state index is 14.4. The highest BCUT2D eigenvalue weighted by Crippen LogP contribution is 2.29. The van der Waals surface area contributed by atoms with Crippen LogP contribution in [-0.4, -0.2) is 57.1 Å². The van der Waals surface area contributed by atoms with Crippen LogP contribution in [0.5, 0.6) is 0 Å². The van der Waals surface area contributed by atoms with Gasteiger partial charge in [0.05, 0.1) is 31.5 Å². The Morgan fingerprint density at radius 1 is 1.21 bits per heavy atom. The summed E-state index contributed by atoms with van der Waals surface area (Å²) in [5.41, 5.74) is 0.521. The summed E-state index contributed by atoms with van der Waals surface area (Å²) in [6.07, 6.45) is 2.75. The van der Waals surface area contributed by atoms with Gasteiger partial charge < -0.3 is 15.4 Å². The Kier molecular flexibility index (Phi) is 6.40. The largest absolute Gasteiger partial charge is 0.394 e. The molecule has 3 aromatic rings. The van der Waals surface area contributed by atoms with Crippen molar-refractivity contribution in [2.24, 2.45) is 0 Å². The minimum atomic E-state index is -4.08. The van der Waals surface area contributed by atoms with E-state index < -0.39 is 28.6 Å². The van der Waals surface area contributed by atoms with Gasteiger partial charge in [0.25, 0.3) is 10.0 Å². The van der Waals surface area contributed by atoms with E-state index in [0.717, 1.165) is 9.04 Å². The number of benzene rings is 1. The van der Waals surface area contributed by atoms with Gasteiger partial charge in [-0.05, 0) is 35.9 Å². The average molecular weight is 421 g/mol. The topological polar surface area (TPSA) is 116 Å². The summed E-state index contributed by atoms with van der Waals surface area (Å²) in [5, 5.41) is 29.0. The van der Waals surface area contributed by atoms with Crippen LogP contribution in [0.4, 0.5) is 4.39 Å². The van der Waals surface area contributed by atoms with Gasteiger partial charge in [0.1, 0.15) is 10.7 Å². The number of aliphatic hydroxyl groups is 2. The van der Waals surface area contributed by atoms with Gasteiger partial charge in [-0.2, -0.15) is 5.06 Å². The third kappa shape index (κ3) is 4.69. The number of halogens is 1. The highest BCUT2D eigenvalue weighted by molar-refractivity contribution is 7.90. The van der Waals surface area contributed by atoms with Crippen LogP contribution in [0.1, 0.15) is 5.56 Å². The van der Waals surface area contributed by atoms with Crippen LogP contribution in [0.2, 0.25) is 0 Å². The van der Waals surface area contributed by atoms with Crippen molar-refractivity contribution in [3.05, 3.63) is 72.4 Å². The number of aromatic nitrogens is 2. The minimum Gasteiger partial charge on any atom is -0.394 e. The summed E-state index contributed by atoms with van der Waals surface area (Å²) in [5.74, 6) is -0.601. The number of rotatable bonds is 8. The summed E-state index contributed by atoms with van der Waals surface area (Å²) in [6, 6.07) is 10.1. The lowest BCUT2D eigenvalue weighted by Crippen LogP contribution is -2.31. The smallest absolute Gasteiger partial charge is 0.269 e. The van der Waals surface area contributed by atoms with Gasteiger partial charge in [-0.25, -0.2) is 16.8 Å². The van der Waals surface area contributed by atoms with E-state index in [1.54, 1.807) is 6.07 Å². The fourth-order valence-corrected chi connectivity index (χ4v) is 4.19. The Morgan fingerprint density at radius 2 is 1.97 bits per heavy atom. The van der Waals surface area contributed by atoms with E-state index in [4.69, 9.17) is 5.11 Å². The third-order valence-corrected chi connectivity index (χ3v) is 5.84. The van der Waals surface area contributed by atoms with Crippen molar-refractivity contribution in [2.45, 2.75) is 17.5 Å². The average Bonchev–Trinajstić information content (AvgIpc) is 3.13. The van der Waals surface area contributed by atoms with Crippen molar-refractivity contribution in [1.29, 1.82) is 0 Å². The molecule has 0 bridgehead atoms. The van der Waals surface area contributed by atoms with Crippen LogP contribution in [-0.2, 0) is 16.6 Å². The van der Waals surface area contributed by atoms with Crippen LogP contribution in [0.3, 0.4) is 0 Å². The zero-order valence-electron chi connectivity index (χ0n) is 15.3. The van der Waals surface area contributed by atoms with Crippen LogP contribution in [0.25, 0.3) is 11.3 Å². The SMILES string of the molecule is O=S(=O)(c1cccnc1)n1cc(CN(O)CC(O)CO)cc1-c1ccccc1F. The molecule has 29 heavy (non-hydrogen) atoms. The standard InChI is InChI=1S/C19H20FN3O5S/c20-18-6-2-1-5-17(18)19-8-14(10-22(26)12-15(25)13-24)11-23(19)29(27,28)16-4-3-7-21-9-16/h1-9,11,15,24-26H,10,12-13H2. The van der Waals surface area contributed by atoms with Crippen LogP contribution >= 0.6 is 0 Å². The van der Waals surface area contributed by atoms with Gasteiger partial charge in [0.15, 0.2) is 0 Å². The van der Waals surface area contributed by atoms with Crippen LogP contribution < -0.4 is 0 Å². The Bertz CT molecular complexity index is 1070. The Labute approximate surface area is 167 Å². The van der Waals surface area contributed by atoms with Crippen LogP contribution in [0.15, 0.2) is 66.0 Å². The first-order chi connectivity index (χ1) is 13.8. The molecule has 8 nitrogen and oxygen atoms in total. The van der Waals surface area contributed by atoms with Gasteiger partial charge in [0.2, 0.25) is 0 Å². The molecule has 154 valence electrons. The quantitative estimate of drug-likeness (QED) is 0.472. The number of pyridine rings is 1. The van der Waals surface area contributed by atoms with Crippen LogP contribution in [0, 0.1) is 5.82 Å². The van der Waals surface area contributed by atoms with Crippen molar-refractivity contribution >= 4 is 10.0 Å². The first-order valence-electron chi connectivity index (χ1n) is 8.67. The molecule has 10 heteroatoms. The predicted molar refractivity (Wildman–Crippen MR) is 102 cm³/mol. The first kappa shape index (κ1) is 21.1. The molecule has 3 N–H and O–H groups in total. The molecule has 1 atom stereocenters. The Morgan fingerprint density at radius 3 is 2.62 bits per heavy atom. The summed E-state index contributed by atoms with van der Waals surface area (Å²) < 4.78 is 41.6. The van der Waals surface area contributed by atoms with Crippen molar-refractivity contribution < 1.29 is 28.2 Å². The fraction of sp³-hybridized carbons (Fsp3) is 0.211. The van der Waals surface area contributed by atoms with Crippen molar-refractivity contribution in [1.82, 2.24) is 14.0 Å². The molecule has 2 aromatic heterocycles. The second-order valence-corrected chi connectivity index (χ2v) is 8.20. The summed E-state index contributed by atoms with van der Waals surface area (Å²) >= 11 is 0. The lowest BCUT2D eigenvalue weighted by Gasteiger charge is -2.16. The molecule has 1 aromatic carbocycles. The maximum Gasteiger partial charge on any atom is 0.269 e. The molecule has 0 saturated heterocycles. The summed E-state index contributed by atoms with van der Waals surface area (Å²) in [4.78, 5) is 3.75. The van der Waals surface area contributed by atoms with Gasteiger partial charge in [-0.1, -0.05) is 12.1 Å². The van der Waals surface area contributed by atoms with Gasteiger partial charge in [-0.15, -0.1) is 0 Å². The molecule has 0 radical (unpaired) electrons. The number of nitrogens with zero attached hydrogens (tertiary/aromatic N) is 3. The molecule has 0 aliphatic heterocycles. The first-order valence-corrected chi connectivity index (χ1v) is 10.1. The highest BCUT2D eigenvalue weighted by atomic mass is 32.2. The zero-order valence-corrected chi connectivity index (χ0v) is 16.1. The fourth-order valence-electron chi connectivity index (χ4n) is 2.84. The highest BCUT2D eigenvalue weighted by Gasteiger charge is 2.24. The van der Waals surface area contributed by atoms with E-state index >= 15 is 0 Å². The molecule has 3 rings (SSSR count). The lowest BCUT2D eigenvalue weighted by atomic mass is 10.1. The molecule has 2 heterocycles. The number of hydroxylamine groups is 2. The van der Waals surface area contributed by atoms with Crippen molar-refractivity contribution in [2.75, 3.05) is 13.2 Å². The third-order valence-electron chi connectivity index (χ3n) is 4.18. The second-order valence-electron chi connectivity index (χ2n) is 6.39. The van der Waals surface area contributed by atoms with Gasteiger partial charge in [-0.3, -0.25) is 4.98 Å². The number of hydrogen-bond acceptors (Lipinski definition) is 7. The monoisotopic (exact) mass is 421 g/mol. The van der Waals surface area contributed by atoms with Gasteiger partial charge in [0, 0.05) is 24.2 Å². The van der Waals surface area contributed by atoms with E-state index in [1.807, 2.05) is 0 Å². The van der Waals surface area contributed by atoms with E-state index in [-0.39, 0.29) is 29.2 Å². The molecule has 0 aliphatic carbocycles. The molecule has 0 amide bonds. The molecule has 1 unspecified atom stereocenters. The van der Waals surface area contributed by atoms with Crippen molar-refractivity contribution in [3.8, 4) is 11.3 Å². The van der Waals surface area contributed by atoms with Gasteiger partial charge >= 0.3 is 0 Å². The van der Waals surface area contributed by atoms with E-state index in [9.17, 15) is 23.1 Å². The van der Waals surface area contributed by atoms with E-state index in [1.165, 1.54) is 55.0 Å². The summed E-state index contributed by atoms with van der Waals surface area (Å²) in [6.45, 7) is -0.923. The molecular formula is C19H20FN3O5S. The molecule has 0 spiro atoms. The second kappa shape index (κ2) is 8.80. The van der Waals surface area contributed by atoms with E-state index in [2.05, 4.69) is 4.98 Å². The predicted octanol–water partition coefficient (Wildman–Crippen LogP) is 1.47. The molecular weight excluding hydrogens is 401 g/mol. The minimum absolute atomic E-state index is 0.0729. The molecule has 0 saturated carbocycles. The number of aliphatic hydroxyl groups excluding tert-OH is 2. The Balaban J connectivity index is 2.07. The maximum absolute atomic E-state index is 14.4. The molecule has 0 aliphatic rings. The lowest BCUT2D eigenvalue weighted by molar-refractivity contribution is -0.126. The number of hydrogen-bond donors (Lipinski definition) is 3. The normalized spacial score (nSPS) is 13.0. The Hall–Kier alpha value is -2.63. The van der Waals surface area contributed by atoms with Crippen molar-refractivity contribution in [3.63, 3.8) is 0 Å². The summed E-state index contributed by atoms with van der Waals surface area (Å²) in [7, 11) is -4.08. The zero-order chi connectivity index (χ0) is 21.0. The molecule has 0 fully saturated rings.